The third-order valence-electron chi connectivity index (χ3n) is 5.99. The van der Waals surface area contributed by atoms with Crippen LogP contribution in [-0.4, -0.2) is 66.1 Å². The van der Waals surface area contributed by atoms with Crippen LogP contribution in [0.2, 0.25) is 0 Å². The second-order valence-electron chi connectivity index (χ2n) is 8.00. The van der Waals surface area contributed by atoms with Crippen molar-refractivity contribution in [3.63, 3.8) is 0 Å². The normalized spacial score (nSPS) is 17.6. The molecule has 0 spiro atoms. The summed E-state index contributed by atoms with van der Waals surface area (Å²) in [5.74, 6) is -0.0488. The van der Waals surface area contributed by atoms with E-state index in [2.05, 4.69) is 22.0 Å². The molecular formula is C23H29FN4O. The van der Waals surface area contributed by atoms with Crippen molar-refractivity contribution in [1.29, 1.82) is 0 Å². The molecule has 1 saturated heterocycles. The van der Waals surface area contributed by atoms with Gasteiger partial charge in [0, 0.05) is 58.2 Å². The zero-order chi connectivity index (χ0) is 20.4. The van der Waals surface area contributed by atoms with Crippen LogP contribution in [0, 0.1) is 12.7 Å². The van der Waals surface area contributed by atoms with Gasteiger partial charge in [-0.05, 0) is 55.8 Å². The maximum Gasteiger partial charge on any atom is 0.256 e. The molecule has 0 N–H and O–H groups in total. The number of hydrogen-bond acceptors (Lipinski definition) is 3. The minimum absolute atomic E-state index is 0.143. The Labute approximate surface area is 172 Å². The molecule has 6 heteroatoms. The number of nitrogens with zero attached hydrogens (tertiary/aromatic N) is 4. The van der Waals surface area contributed by atoms with Gasteiger partial charge in [0.1, 0.15) is 5.82 Å². The van der Waals surface area contributed by atoms with Crippen LogP contribution < -0.4 is 4.90 Å². The fraction of sp³-hybridized carbons (Fsp3) is 0.435. The highest BCUT2D eigenvalue weighted by molar-refractivity contribution is 5.99. The number of rotatable bonds is 5. The molecule has 4 rings (SSSR count). The molecule has 0 atom stereocenters. The highest BCUT2D eigenvalue weighted by Crippen LogP contribution is 2.23. The van der Waals surface area contributed by atoms with E-state index in [1.807, 2.05) is 41.8 Å². The fourth-order valence-electron chi connectivity index (χ4n) is 4.37. The van der Waals surface area contributed by atoms with Crippen molar-refractivity contribution in [2.24, 2.45) is 7.05 Å². The Morgan fingerprint density at radius 3 is 2.48 bits per heavy atom. The van der Waals surface area contributed by atoms with Gasteiger partial charge in [0.05, 0.1) is 11.3 Å². The summed E-state index contributed by atoms with van der Waals surface area (Å²) in [5, 5.41) is 0. The highest BCUT2D eigenvalue weighted by Gasteiger charge is 2.24. The number of anilines is 1. The number of halogens is 1. The Hall–Kier alpha value is -2.60. The molecule has 1 amide bonds. The van der Waals surface area contributed by atoms with Crippen LogP contribution in [0.1, 0.15) is 28.0 Å². The summed E-state index contributed by atoms with van der Waals surface area (Å²) in [7, 11) is 1.99. The number of carbonyl (C=O) groups is 1. The van der Waals surface area contributed by atoms with E-state index in [4.69, 9.17) is 0 Å². The lowest BCUT2D eigenvalue weighted by Crippen LogP contribution is -2.47. The standard InChI is InChI=1S/C23H29FN4O/c1-18-17-25(2)21-5-3-11-28(23(29)22(18)21)12-4-10-26-13-15-27(16-14-26)20-8-6-19(24)7-9-20/h3,5-9,17H,4,10-16H2,1-2H3. The summed E-state index contributed by atoms with van der Waals surface area (Å²) in [6.45, 7) is 8.33. The molecule has 0 unspecified atom stereocenters. The Balaban J connectivity index is 1.27. The van der Waals surface area contributed by atoms with Crippen LogP contribution in [-0.2, 0) is 7.05 Å². The van der Waals surface area contributed by atoms with Crippen molar-refractivity contribution in [3.8, 4) is 0 Å². The molecule has 29 heavy (non-hydrogen) atoms. The molecule has 1 fully saturated rings. The van der Waals surface area contributed by atoms with E-state index in [0.29, 0.717) is 6.54 Å². The summed E-state index contributed by atoms with van der Waals surface area (Å²) < 4.78 is 15.1. The van der Waals surface area contributed by atoms with Crippen molar-refractivity contribution in [3.05, 3.63) is 59.2 Å². The van der Waals surface area contributed by atoms with Crippen molar-refractivity contribution in [1.82, 2.24) is 14.4 Å². The lowest BCUT2D eigenvalue weighted by molar-refractivity contribution is 0.0767. The largest absolute Gasteiger partial charge is 0.369 e. The Kier molecular flexibility index (Phi) is 5.72. The summed E-state index contributed by atoms with van der Waals surface area (Å²) in [6.07, 6.45) is 7.15. The van der Waals surface area contributed by atoms with Crippen LogP contribution in [0.4, 0.5) is 10.1 Å². The van der Waals surface area contributed by atoms with Gasteiger partial charge in [-0.25, -0.2) is 4.39 Å². The lowest BCUT2D eigenvalue weighted by Gasteiger charge is -2.36. The molecule has 2 aliphatic heterocycles. The van der Waals surface area contributed by atoms with Gasteiger partial charge < -0.3 is 14.4 Å². The number of carbonyl (C=O) groups excluding carboxylic acids is 1. The van der Waals surface area contributed by atoms with E-state index < -0.39 is 0 Å². The minimum atomic E-state index is -0.192. The Morgan fingerprint density at radius 1 is 1.03 bits per heavy atom. The molecule has 0 bridgehead atoms. The predicted molar refractivity (Wildman–Crippen MR) is 115 cm³/mol. The number of aryl methyl sites for hydroxylation is 2. The zero-order valence-corrected chi connectivity index (χ0v) is 17.3. The topological polar surface area (TPSA) is 31.7 Å². The van der Waals surface area contributed by atoms with Gasteiger partial charge in [0.2, 0.25) is 0 Å². The lowest BCUT2D eigenvalue weighted by atomic mass is 10.1. The van der Waals surface area contributed by atoms with Crippen molar-refractivity contribution >= 4 is 17.7 Å². The third kappa shape index (κ3) is 4.22. The first-order valence-corrected chi connectivity index (χ1v) is 10.4. The quantitative estimate of drug-likeness (QED) is 0.778. The smallest absolute Gasteiger partial charge is 0.256 e. The fourth-order valence-corrected chi connectivity index (χ4v) is 4.37. The van der Waals surface area contributed by atoms with Gasteiger partial charge in [-0.2, -0.15) is 0 Å². The molecule has 2 aliphatic rings. The van der Waals surface area contributed by atoms with E-state index in [9.17, 15) is 9.18 Å². The molecule has 1 aromatic heterocycles. The van der Waals surface area contributed by atoms with Gasteiger partial charge >= 0.3 is 0 Å². The number of aromatic nitrogens is 1. The number of piperazine rings is 1. The van der Waals surface area contributed by atoms with E-state index >= 15 is 0 Å². The average Bonchev–Trinajstić information content (AvgIpc) is 2.89. The van der Waals surface area contributed by atoms with Crippen molar-refractivity contribution in [2.75, 3.05) is 50.7 Å². The molecule has 5 nitrogen and oxygen atoms in total. The first-order chi connectivity index (χ1) is 14.0. The maximum absolute atomic E-state index is 13.1. The number of hydrogen-bond donors (Lipinski definition) is 0. The predicted octanol–water partition coefficient (Wildman–Crippen LogP) is 3.15. The number of fused-ring (bicyclic) bond motifs is 1. The summed E-state index contributed by atoms with van der Waals surface area (Å²) in [4.78, 5) is 19.7. The van der Waals surface area contributed by atoms with Crippen LogP contribution in [0.15, 0.2) is 36.5 Å². The van der Waals surface area contributed by atoms with Gasteiger partial charge in [0.25, 0.3) is 5.91 Å². The maximum atomic E-state index is 13.1. The molecule has 0 saturated carbocycles. The summed E-state index contributed by atoms with van der Waals surface area (Å²) in [6, 6.07) is 6.75. The number of amides is 1. The first kappa shape index (κ1) is 19.7. The Bertz CT molecular complexity index is 894. The zero-order valence-electron chi connectivity index (χ0n) is 17.3. The van der Waals surface area contributed by atoms with Gasteiger partial charge in [0.15, 0.2) is 0 Å². The van der Waals surface area contributed by atoms with E-state index in [0.717, 1.165) is 68.2 Å². The van der Waals surface area contributed by atoms with Crippen LogP contribution in [0.5, 0.6) is 0 Å². The molecule has 0 aliphatic carbocycles. The second-order valence-corrected chi connectivity index (χ2v) is 8.00. The van der Waals surface area contributed by atoms with Gasteiger partial charge in [-0.1, -0.05) is 6.08 Å². The summed E-state index contributed by atoms with van der Waals surface area (Å²) >= 11 is 0. The first-order valence-electron chi connectivity index (χ1n) is 10.4. The van der Waals surface area contributed by atoms with Crippen molar-refractivity contribution in [2.45, 2.75) is 13.3 Å². The summed E-state index contributed by atoms with van der Waals surface area (Å²) in [5.41, 5.74) is 3.98. The molecule has 0 radical (unpaired) electrons. The van der Waals surface area contributed by atoms with Gasteiger partial charge in [-0.15, -0.1) is 0 Å². The van der Waals surface area contributed by atoms with Crippen LogP contribution >= 0.6 is 0 Å². The molecular weight excluding hydrogens is 367 g/mol. The van der Waals surface area contributed by atoms with Crippen LogP contribution in [0.25, 0.3) is 6.08 Å². The molecule has 3 heterocycles. The SMILES string of the molecule is Cc1cn(C)c2c1C(=O)N(CCCN1CCN(c3ccc(F)cc3)CC1)CC=C2. The van der Waals surface area contributed by atoms with E-state index in [-0.39, 0.29) is 11.7 Å². The number of benzene rings is 1. The minimum Gasteiger partial charge on any atom is -0.369 e. The highest BCUT2D eigenvalue weighted by atomic mass is 19.1. The molecule has 2 aromatic rings. The molecule has 1 aromatic carbocycles. The average molecular weight is 397 g/mol. The monoisotopic (exact) mass is 396 g/mol. The Morgan fingerprint density at radius 2 is 1.76 bits per heavy atom. The van der Waals surface area contributed by atoms with Gasteiger partial charge in [-0.3, -0.25) is 9.69 Å². The van der Waals surface area contributed by atoms with E-state index in [1.165, 1.54) is 12.1 Å². The van der Waals surface area contributed by atoms with E-state index in [1.54, 1.807) is 0 Å². The van der Waals surface area contributed by atoms with Crippen molar-refractivity contribution < 1.29 is 9.18 Å². The second kappa shape index (κ2) is 8.41. The van der Waals surface area contributed by atoms with Crippen LogP contribution in [0.3, 0.4) is 0 Å². The molecule has 154 valence electrons. The third-order valence-corrected chi connectivity index (χ3v) is 5.99.